The molecule has 0 bridgehead atoms. The molecule has 4 aliphatic rings. The van der Waals surface area contributed by atoms with Crippen molar-refractivity contribution in [2.75, 3.05) is 5.33 Å². The van der Waals surface area contributed by atoms with Gasteiger partial charge < -0.3 is 5.11 Å². The Labute approximate surface area is 161 Å². The molecule has 3 heteroatoms. The lowest BCUT2D eigenvalue weighted by atomic mass is 9.48. The minimum Gasteiger partial charge on any atom is -0.390 e. The maximum Gasteiger partial charge on any atom is 0.147 e. The molecule has 4 aliphatic carbocycles. The van der Waals surface area contributed by atoms with Crippen LogP contribution in [-0.4, -0.2) is 21.8 Å². The Hall–Kier alpha value is 0.110. The topological polar surface area (TPSA) is 37.3 Å². The summed E-state index contributed by atoms with van der Waals surface area (Å²) < 4.78 is 0. The molecule has 0 amide bonds. The number of fused-ring (bicyclic) bond motifs is 5. The molecule has 0 saturated heterocycles. The van der Waals surface area contributed by atoms with E-state index in [1.807, 2.05) is 6.92 Å². The van der Waals surface area contributed by atoms with Crippen LogP contribution in [0.1, 0.15) is 72.1 Å². The van der Waals surface area contributed by atoms with Crippen LogP contribution in [-0.2, 0) is 4.79 Å². The number of Topliss-reactive ketones (excluding diaryl/α,β-unsaturated/α-hetero) is 1. The summed E-state index contributed by atoms with van der Waals surface area (Å²) >= 11 is 3.44. The van der Waals surface area contributed by atoms with Crippen molar-refractivity contribution in [3.63, 3.8) is 0 Å². The number of hydrogen-bond acceptors (Lipinski definition) is 2. The van der Waals surface area contributed by atoms with Gasteiger partial charge in [-0.1, -0.05) is 29.8 Å². The summed E-state index contributed by atoms with van der Waals surface area (Å²) in [5, 5.41) is 11.1. The van der Waals surface area contributed by atoms with Crippen molar-refractivity contribution >= 4 is 21.7 Å². The molecule has 4 fully saturated rings. The van der Waals surface area contributed by atoms with Gasteiger partial charge in [0, 0.05) is 5.92 Å². The van der Waals surface area contributed by atoms with Crippen molar-refractivity contribution in [2.45, 2.75) is 77.7 Å². The van der Waals surface area contributed by atoms with Crippen molar-refractivity contribution in [3.05, 3.63) is 0 Å². The third-order valence-electron chi connectivity index (χ3n) is 9.07. The molecule has 9 atom stereocenters. The van der Waals surface area contributed by atoms with E-state index in [0.717, 1.165) is 48.9 Å². The Morgan fingerprint density at radius 1 is 1.08 bits per heavy atom. The smallest absolute Gasteiger partial charge is 0.147 e. The van der Waals surface area contributed by atoms with Crippen molar-refractivity contribution in [2.24, 2.45) is 46.8 Å². The van der Waals surface area contributed by atoms with Gasteiger partial charge in [0.1, 0.15) is 5.78 Å². The number of hydrogen-bond donors (Lipinski definition) is 1. The van der Waals surface area contributed by atoms with Crippen molar-refractivity contribution in [3.8, 4) is 0 Å². The Kier molecular flexibility index (Phi) is 4.68. The second kappa shape index (κ2) is 6.33. The van der Waals surface area contributed by atoms with Gasteiger partial charge in [0.05, 0.1) is 10.9 Å². The van der Waals surface area contributed by atoms with Crippen LogP contribution in [0.4, 0.5) is 0 Å². The van der Waals surface area contributed by atoms with E-state index in [4.69, 9.17) is 0 Å². The van der Waals surface area contributed by atoms with Gasteiger partial charge >= 0.3 is 0 Å². The number of carbonyl (C=O) groups excluding carboxylic acids is 1. The van der Waals surface area contributed by atoms with Gasteiger partial charge in [-0.05, 0) is 99.2 Å². The molecule has 0 unspecified atom stereocenters. The zero-order chi connectivity index (χ0) is 18.0. The Morgan fingerprint density at radius 2 is 1.80 bits per heavy atom. The Bertz CT molecular complexity index is 544. The summed E-state index contributed by atoms with van der Waals surface area (Å²) in [6, 6.07) is 0. The first-order valence-corrected chi connectivity index (χ1v) is 11.7. The standard InChI is InChI=1S/C22H35BrO2/c1-13-10-18(19(24)12-23)22(3)9-7-16-15-6-8-21(2,25)11-14(15)4-5-17(16)20(13)22/h13-18,20,25H,4-12H2,1-3H3/t13-,14-,15+,16-,17-,18-,20+,21-,22-/m1/s1. The lowest BCUT2D eigenvalue weighted by Crippen LogP contribution is -2.51. The second-order valence-electron chi connectivity index (χ2n) is 10.5. The van der Waals surface area contributed by atoms with Crippen molar-refractivity contribution in [1.82, 2.24) is 0 Å². The molecule has 1 N–H and O–H groups in total. The van der Waals surface area contributed by atoms with Crippen molar-refractivity contribution in [1.29, 1.82) is 0 Å². The van der Waals surface area contributed by atoms with Crippen LogP contribution < -0.4 is 0 Å². The first kappa shape index (κ1) is 18.5. The fraction of sp³-hybridized carbons (Fsp3) is 0.955. The van der Waals surface area contributed by atoms with Crippen LogP contribution in [0.15, 0.2) is 0 Å². The molecule has 0 aromatic carbocycles. The highest BCUT2D eigenvalue weighted by Crippen LogP contribution is 2.66. The minimum atomic E-state index is -0.425. The van der Waals surface area contributed by atoms with E-state index in [0.29, 0.717) is 17.0 Å². The first-order valence-electron chi connectivity index (χ1n) is 10.6. The molecule has 0 spiro atoms. The zero-order valence-corrected chi connectivity index (χ0v) is 17.7. The SMILES string of the molecule is C[C@@H]1C[C@H](C(=O)CBr)[C@@]2(C)CC[C@H]3[C@@H](CC[C@@H]4C[C@](C)(O)CC[C@@H]43)[C@H]12. The molecule has 25 heavy (non-hydrogen) atoms. The van der Waals surface area contributed by atoms with Gasteiger partial charge in [0.15, 0.2) is 0 Å². The fourth-order valence-corrected chi connectivity index (χ4v) is 8.61. The van der Waals surface area contributed by atoms with Gasteiger partial charge in [-0.15, -0.1) is 0 Å². The third kappa shape index (κ3) is 2.87. The van der Waals surface area contributed by atoms with Gasteiger partial charge in [-0.3, -0.25) is 4.79 Å². The van der Waals surface area contributed by atoms with Crippen LogP contribution in [0.3, 0.4) is 0 Å². The van der Waals surface area contributed by atoms with Crippen LogP contribution in [0.2, 0.25) is 0 Å². The largest absolute Gasteiger partial charge is 0.390 e. The number of alkyl halides is 1. The van der Waals surface area contributed by atoms with Crippen LogP contribution in [0.25, 0.3) is 0 Å². The van der Waals surface area contributed by atoms with Crippen LogP contribution in [0.5, 0.6) is 0 Å². The summed E-state index contributed by atoms with van der Waals surface area (Å²) in [4.78, 5) is 12.6. The summed E-state index contributed by atoms with van der Waals surface area (Å²) in [6.07, 6.45) is 9.53. The summed E-state index contributed by atoms with van der Waals surface area (Å²) in [5.41, 5.74) is -0.191. The number of carbonyl (C=O) groups is 1. The molecule has 0 aromatic heterocycles. The van der Waals surface area contributed by atoms with E-state index < -0.39 is 5.60 Å². The van der Waals surface area contributed by atoms with E-state index >= 15 is 0 Å². The predicted octanol–water partition coefficient (Wildman–Crippen LogP) is 5.22. The van der Waals surface area contributed by atoms with E-state index in [1.165, 1.54) is 32.1 Å². The normalized spacial score (nSPS) is 55.2. The monoisotopic (exact) mass is 410 g/mol. The van der Waals surface area contributed by atoms with Crippen molar-refractivity contribution < 1.29 is 9.90 Å². The highest BCUT2D eigenvalue weighted by molar-refractivity contribution is 9.09. The van der Waals surface area contributed by atoms with Gasteiger partial charge in [-0.25, -0.2) is 0 Å². The second-order valence-corrected chi connectivity index (χ2v) is 11.1. The average Bonchev–Trinajstić information content (AvgIpc) is 2.84. The Balaban J connectivity index is 1.58. The van der Waals surface area contributed by atoms with Gasteiger partial charge in [0.2, 0.25) is 0 Å². The molecule has 2 nitrogen and oxygen atoms in total. The molecule has 4 rings (SSSR count). The third-order valence-corrected chi connectivity index (χ3v) is 9.62. The Morgan fingerprint density at radius 3 is 2.52 bits per heavy atom. The van der Waals surface area contributed by atoms with Crippen LogP contribution in [0, 0.1) is 46.8 Å². The molecule has 0 heterocycles. The highest BCUT2D eigenvalue weighted by Gasteiger charge is 2.60. The molecule has 142 valence electrons. The molecular formula is C22H35BrO2. The lowest BCUT2D eigenvalue weighted by molar-refractivity contribution is -0.130. The number of ketones is 1. The molecule has 0 radical (unpaired) electrons. The lowest BCUT2D eigenvalue weighted by Gasteiger charge is -2.57. The molecule has 0 aromatic rings. The predicted molar refractivity (Wildman–Crippen MR) is 105 cm³/mol. The first-order chi connectivity index (χ1) is 11.8. The number of rotatable bonds is 2. The van der Waals surface area contributed by atoms with Crippen LogP contribution >= 0.6 is 15.9 Å². The summed E-state index contributed by atoms with van der Waals surface area (Å²) in [6.45, 7) is 6.91. The van der Waals surface area contributed by atoms with Gasteiger partial charge in [-0.2, -0.15) is 0 Å². The fourth-order valence-electron chi connectivity index (χ4n) is 8.22. The number of halogens is 1. The maximum atomic E-state index is 12.6. The number of aliphatic hydroxyl groups is 1. The maximum absolute atomic E-state index is 12.6. The highest BCUT2D eigenvalue weighted by atomic mass is 79.9. The molecule has 4 saturated carbocycles. The zero-order valence-electron chi connectivity index (χ0n) is 16.1. The van der Waals surface area contributed by atoms with E-state index in [-0.39, 0.29) is 11.3 Å². The van der Waals surface area contributed by atoms with Gasteiger partial charge in [0.25, 0.3) is 0 Å². The van der Waals surface area contributed by atoms with E-state index in [2.05, 4.69) is 29.8 Å². The quantitative estimate of drug-likeness (QED) is 0.633. The van der Waals surface area contributed by atoms with E-state index in [1.54, 1.807) is 0 Å². The average molecular weight is 411 g/mol. The summed E-state index contributed by atoms with van der Waals surface area (Å²) in [7, 11) is 0. The minimum absolute atomic E-state index is 0.235. The van der Waals surface area contributed by atoms with E-state index in [9.17, 15) is 9.90 Å². The summed E-state index contributed by atoms with van der Waals surface area (Å²) in [5.74, 6) is 5.40. The molecule has 0 aliphatic heterocycles. The molecular weight excluding hydrogens is 376 g/mol.